The van der Waals surface area contributed by atoms with Crippen LogP contribution in [0.2, 0.25) is 5.02 Å². The van der Waals surface area contributed by atoms with Crippen molar-refractivity contribution in [3.8, 4) is 17.0 Å². The van der Waals surface area contributed by atoms with Gasteiger partial charge in [0.25, 0.3) is 5.91 Å². The highest BCUT2D eigenvalue weighted by molar-refractivity contribution is 6.33. The molecule has 0 aliphatic carbocycles. The van der Waals surface area contributed by atoms with E-state index in [4.69, 9.17) is 20.9 Å². The Morgan fingerprint density at radius 1 is 1.26 bits per heavy atom. The Labute approximate surface area is 161 Å². The molecule has 0 N–H and O–H groups in total. The number of amides is 1. The van der Waals surface area contributed by atoms with Crippen molar-refractivity contribution in [2.24, 2.45) is 0 Å². The number of aromatic nitrogens is 1. The fourth-order valence-electron chi connectivity index (χ4n) is 2.87. The van der Waals surface area contributed by atoms with E-state index in [9.17, 15) is 9.18 Å². The quantitative estimate of drug-likeness (QED) is 0.634. The molecule has 0 aliphatic rings. The van der Waals surface area contributed by atoms with E-state index in [1.807, 2.05) is 24.3 Å². The SMILES string of the molecule is COc1ccccc1CN(C)C(=O)c1c(-c2c(F)cccc2Cl)noc1C. The number of aryl methyl sites for hydroxylation is 1. The van der Waals surface area contributed by atoms with Gasteiger partial charge in [0.15, 0.2) is 0 Å². The van der Waals surface area contributed by atoms with E-state index in [1.165, 1.54) is 23.1 Å². The third-order valence-corrected chi connectivity index (χ3v) is 4.54. The first-order valence-corrected chi connectivity index (χ1v) is 8.59. The van der Waals surface area contributed by atoms with Crippen molar-refractivity contribution in [1.82, 2.24) is 10.1 Å². The van der Waals surface area contributed by atoms with Crippen LogP contribution in [0.25, 0.3) is 11.3 Å². The van der Waals surface area contributed by atoms with Gasteiger partial charge in [0, 0.05) is 19.2 Å². The number of para-hydroxylation sites is 1. The molecule has 0 bridgehead atoms. The van der Waals surface area contributed by atoms with Crippen molar-refractivity contribution in [2.75, 3.05) is 14.2 Å². The van der Waals surface area contributed by atoms with Crippen LogP contribution in [-0.2, 0) is 6.54 Å². The first-order valence-electron chi connectivity index (χ1n) is 8.22. The van der Waals surface area contributed by atoms with Gasteiger partial charge in [-0.2, -0.15) is 0 Å². The number of halogens is 2. The normalized spacial score (nSPS) is 10.7. The lowest BCUT2D eigenvalue weighted by atomic mass is 10.0. The van der Waals surface area contributed by atoms with E-state index < -0.39 is 5.82 Å². The Morgan fingerprint density at radius 2 is 2.00 bits per heavy atom. The lowest BCUT2D eigenvalue weighted by Gasteiger charge is -2.19. The minimum atomic E-state index is -0.572. The van der Waals surface area contributed by atoms with Crippen LogP contribution in [0.3, 0.4) is 0 Å². The number of ether oxygens (including phenoxy) is 1. The zero-order valence-electron chi connectivity index (χ0n) is 15.1. The zero-order chi connectivity index (χ0) is 19.6. The number of nitrogens with zero attached hydrogens (tertiary/aromatic N) is 2. The molecular weight excluding hydrogens is 371 g/mol. The Balaban J connectivity index is 1.97. The lowest BCUT2D eigenvalue weighted by molar-refractivity contribution is 0.0783. The smallest absolute Gasteiger partial charge is 0.259 e. The van der Waals surface area contributed by atoms with Gasteiger partial charge in [0.1, 0.15) is 28.6 Å². The number of rotatable bonds is 5. The summed E-state index contributed by atoms with van der Waals surface area (Å²) in [5.74, 6) is 0.0453. The maximum atomic E-state index is 14.3. The van der Waals surface area contributed by atoms with Crippen molar-refractivity contribution in [3.05, 3.63) is 70.2 Å². The second kappa shape index (κ2) is 7.80. The van der Waals surface area contributed by atoms with Crippen molar-refractivity contribution in [1.29, 1.82) is 0 Å². The fourth-order valence-corrected chi connectivity index (χ4v) is 3.12. The molecule has 0 radical (unpaired) electrons. The van der Waals surface area contributed by atoms with Crippen LogP contribution < -0.4 is 4.74 Å². The predicted octanol–water partition coefficient (Wildman–Crippen LogP) is 4.72. The standard InChI is InChI=1S/C20H18ClFN2O3/c1-12-17(19(23-27-12)18-14(21)8-6-9-15(18)22)20(25)24(2)11-13-7-4-5-10-16(13)26-3/h4-10H,11H2,1-3H3. The highest BCUT2D eigenvalue weighted by Crippen LogP contribution is 2.34. The van der Waals surface area contributed by atoms with Crippen molar-refractivity contribution in [3.63, 3.8) is 0 Å². The summed E-state index contributed by atoms with van der Waals surface area (Å²) in [5, 5.41) is 4.04. The highest BCUT2D eigenvalue weighted by atomic mass is 35.5. The van der Waals surface area contributed by atoms with E-state index in [1.54, 1.807) is 21.1 Å². The molecule has 0 aliphatic heterocycles. The summed E-state index contributed by atoms with van der Waals surface area (Å²) in [7, 11) is 3.22. The molecule has 3 rings (SSSR count). The molecular formula is C20H18ClFN2O3. The van der Waals surface area contributed by atoms with Crippen LogP contribution in [0.5, 0.6) is 5.75 Å². The highest BCUT2D eigenvalue weighted by Gasteiger charge is 2.27. The van der Waals surface area contributed by atoms with Crippen LogP contribution in [0.15, 0.2) is 47.0 Å². The molecule has 0 unspecified atom stereocenters. The first kappa shape index (κ1) is 18.9. The number of hydrogen-bond acceptors (Lipinski definition) is 4. The van der Waals surface area contributed by atoms with Gasteiger partial charge < -0.3 is 14.2 Å². The first-order chi connectivity index (χ1) is 12.9. The number of benzene rings is 2. The molecule has 140 valence electrons. The predicted molar refractivity (Wildman–Crippen MR) is 100 cm³/mol. The molecule has 0 spiro atoms. The van der Waals surface area contributed by atoms with Gasteiger partial charge in [-0.3, -0.25) is 4.79 Å². The molecule has 0 atom stereocenters. The molecule has 0 fully saturated rings. The van der Waals surface area contributed by atoms with Crippen molar-refractivity contribution < 1.29 is 18.4 Å². The molecule has 0 saturated carbocycles. The maximum Gasteiger partial charge on any atom is 0.259 e. The third kappa shape index (κ3) is 3.66. The van der Waals surface area contributed by atoms with Crippen LogP contribution in [0.1, 0.15) is 21.7 Å². The van der Waals surface area contributed by atoms with Gasteiger partial charge in [-0.15, -0.1) is 0 Å². The van der Waals surface area contributed by atoms with Crippen LogP contribution in [0, 0.1) is 12.7 Å². The van der Waals surface area contributed by atoms with E-state index in [-0.39, 0.29) is 27.8 Å². The van der Waals surface area contributed by atoms with Gasteiger partial charge in [-0.25, -0.2) is 4.39 Å². The summed E-state index contributed by atoms with van der Waals surface area (Å²) < 4.78 is 24.8. The average molecular weight is 389 g/mol. The van der Waals surface area contributed by atoms with Gasteiger partial charge in [0.05, 0.1) is 17.7 Å². The Hall–Kier alpha value is -2.86. The summed E-state index contributed by atoms with van der Waals surface area (Å²) in [5.41, 5.74) is 1.16. The van der Waals surface area contributed by atoms with Crippen LogP contribution >= 0.6 is 11.6 Å². The third-order valence-electron chi connectivity index (χ3n) is 4.22. The molecule has 2 aromatic carbocycles. The number of methoxy groups -OCH3 is 1. The largest absolute Gasteiger partial charge is 0.496 e. The van der Waals surface area contributed by atoms with Gasteiger partial charge in [-0.1, -0.05) is 41.0 Å². The van der Waals surface area contributed by atoms with Crippen LogP contribution in [-0.4, -0.2) is 30.1 Å². The van der Waals surface area contributed by atoms with Gasteiger partial charge >= 0.3 is 0 Å². The lowest BCUT2D eigenvalue weighted by Crippen LogP contribution is -2.27. The van der Waals surface area contributed by atoms with Crippen molar-refractivity contribution >= 4 is 17.5 Å². The zero-order valence-corrected chi connectivity index (χ0v) is 15.9. The van der Waals surface area contributed by atoms with E-state index in [0.29, 0.717) is 18.1 Å². The molecule has 7 heteroatoms. The molecule has 1 amide bonds. The van der Waals surface area contributed by atoms with Crippen molar-refractivity contribution in [2.45, 2.75) is 13.5 Å². The van der Waals surface area contributed by atoms with E-state index in [2.05, 4.69) is 5.16 Å². The molecule has 1 heterocycles. The number of hydrogen-bond donors (Lipinski definition) is 0. The second-order valence-electron chi connectivity index (χ2n) is 6.03. The second-order valence-corrected chi connectivity index (χ2v) is 6.44. The van der Waals surface area contributed by atoms with E-state index in [0.717, 1.165) is 5.56 Å². The minimum absolute atomic E-state index is 0.0464. The summed E-state index contributed by atoms with van der Waals surface area (Å²) >= 11 is 6.14. The average Bonchev–Trinajstić information content (AvgIpc) is 3.02. The molecule has 3 aromatic rings. The van der Waals surface area contributed by atoms with Crippen LogP contribution in [0.4, 0.5) is 4.39 Å². The monoisotopic (exact) mass is 388 g/mol. The Morgan fingerprint density at radius 3 is 2.70 bits per heavy atom. The molecule has 27 heavy (non-hydrogen) atoms. The summed E-state index contributed by atoms with van der Waals surface area (Å²) in [6.45, 7) is 1.91. The molecule has 5 nitrogen and oxygen atoms in total. The summed E-state index contributed by atoms with van der Waals surface area (Å²) in [4.78, 5) is 14.6. The Kier molecular flexibility index (Phi) is 5.46. The topological polar surface area (TPSA) is 55.6 Å². The maximum absolute atomic E-state index is 14.3. The molecule has 1 aromatic heterocycles. The van der Waals surface area contributed by atoms with Gasteiger partial charge in [0.2, 0.25) is 0 Å². The minimum Gasteiger partial charge on any atom is -0.496 e. The molecule has 0 saturated heterocycles. The fraction of sp³-hybridized carbons (Fsp3) is 0.200. The number of carbonyl (C=O) groups is 1. The Bertz CT molecular complexity index is 967. The summed E-state index contributed by atoms with van der Waals surface area (Å²) in [6, 6.07) is 11.7. The summed E-state index contributed by atoms with van der Waals surface area (Å²) in [6.07, 6.45) is 0. The van der Waals surface area contributed by atoms with E-state index >= 15 is 0 Å². The number of carbonyl (C=O) groups excluding carboxylic acids is 1. The van der Waals surface area contributed by atoms with Gasteiger partial charge in [-0.05, 0) is 25.1 Å².